The number of aromatic nitrogens is 3. The lowest BCUT2D eigenvalue weighted by atomic mass is 10.2. The number of nitrogens with zero attached hydrogens (tertiary/aromatic N) is 4. The van der Waals surface area contributed by atoms with E-state index in [0.29, 0.717) is 0 Å². The van der Waals surface area contributed by atoms with Crippen LogP contribution in [0.4, 0.5) is 5.69 Å². The summed E-state index contributed by atoms with van der Waals surface area (Å²) in [6.45, 7) is 4.48. The van der Waals surface area contributed by atoms with Crippen LogP contribution in [-0.4, -0.2) is 40.5 Å². The molecule has 38 heavy (non-hydrogen) atoms. The minimum Gasteiger partial charge on any atom is -0.458 e. The molecule has 0 unspecified atom stereocenters. The molecule has 0 aliphatic rings. The first-order chi connectivity index (χ1) is 18.1. The number of ether oxygens (including phenoxy) is 1. The number of carbonyl (C=O) groups is 2. The Hall–Kier alpha value is -4.55. The highest BCUT2D eigenvalue weighted by atomic mass is 35.5. The molecule has 2 aromatic carbocycles. The number of fused-ring (bicyclic) bond motifs is 1. The number of anilines is 1. The summed E-state index contributed by atoms with van der Waals surface area (Å²) in [6, 6.07) is 11.5. The van der Waals surface area contributed by atoms with E-state index in [4.69, 9.17) is 16.3 Å². The van der Waals surface area contributed by atoms with Gasteiger partial charge in [0.25, 0.3) is 15.6 Å². The summed E-state index contributed by atoms with van der Waals surface area (Å²) in [5.74, 6) is -1.52. The van der Waals surface area contributed by atoms with Crippen molar-refractivity contribution in [3.8, 4) is 0 Å². The average molecular weight is 555 g/mol. The molecule has 0 saturated carbocycles. The number of hydrogen-bond donors (Lipinski definition) is 0. The standard InChI is InChI=1S/C25H19ClN4O7S/c1-3-12-37-24(33)17-6-4-8-20(13-17)38(35,36)30-23(32)21-10-9-18(26)14-22(21)29(25(30)34)28(16(2)31)19-7-5-11-27-15-19/h3-11,13-15H,1,12H2,2H3. The second kappa shape index (κ2) is 10.4. The lowest BCUT2D eigenvalue weighted by Gasteiger charge is -2.25. The number of rotatable bonds is 7. The molecule has 2 aromatic heterocycles. The van der Waals surface area contributed by atoms with Crippen LogP contribution in [0.5, 0.6) is 0 Å². The average Bonchev–Trinajstić information content (AvgIpc) is 2.89. The molecule has 1 amide bonds. The van der Waals surface area contributed by atoms with Crippen LogP contribution < -0.4 is 16.3 Å². The maximum atomic E-state index is 13.8. The second-order valence-corrected chi connectivity index (χ2v) is 10.0. The molecule has 0 N–H and O–H groups in total. The summed E-state index contributed by atoms with van der Waals surface area (Å²) >= 11 is 6.13. The quantitative estimate of drug-likeness (QED) is 0.251. The van der Waals surface area contributed by atoms with Crippen molar-refractivity contribution in [2.75, 3.05) is 11.6 Å². The molecule has 13 heteroatoms. The molecule has 4 aromatic rings. The van der Waals surface area contributed by atoms with Crippen molar-refractivity contribution in [2.24, 2.45) is 0 Å². The lowest BCUT2D eigenvalue weighted by Crippen LogP contribution is -2.51. The normalized spacial score (nSPS) is 11.2. The molecule has 2 heterocycles. The Labute approximate surface area is 220 Å². The van der Waals surface area contributed by atoms with Gasteiger partial charge in [-0.05, 0) is 48.5 Å². The first-order valence-corrected chi connectivity index (χ1v) is 12.7. The van der Waals surface area contributed by atoms with Gasteiger partial charge < -0.3 is 4.74 Å². The molecule has 0 aliphatic carbocycles. The maximum Gasteiger partial charge on any atom is 0.365 e. The fraction of sp³-hybridized carbons (Fsp3) is 0.0800. The first-order valence-electron chi connectivity index (χ1n) is 10.9. The highest BCUT2D eigenvalue weighted by Crippen LogP contribution is 2.21. The van der Waals surface area contributed by atoms with E-state index >= 15 is 0 Å². The first kappa shape index (κ1) is 26.5. The molecular formula is C25H19ClN4O7S. The number of benzene rings is 2. The van der Waals surface area contributed by atoms with Crippen LogP contribution in [-0.2, 0) is 19.6 Å². The number of esters is 1. The number of halogens is 1. The molecule has 0 saturated heterocycles. The van der Waals surface area contributed by atoms with E-state index in [1.54, 1.807) is 0 Å². The van der Waals surface area contributed by atoms with Crippen molar-refractivity contribution < 1.29 is 22.7 Å². The molecule has 0 atom stereocenters. The van der Waals surface area contributed by atoms with Crippen molar-refractivity contribution in [3.63, 3.8) is 0 Å². The third kappa shape index (κ3) is 4.74. The van der Waals surface area contributed by atoms with E-state index in [9.17, 15) is 27.6 Å². The topological polar surface area (TPSA) is 138 Å². The van der Waals surface area contributed by atoms with Gasteiger partial charge in [-0.25, -0.2) is 23.0 Å². The van der Waals surface area contributed by atoms with Gasteiger partial charge >= 0.3 is 11.7 Å². The number of amides is 1. The number of pyridine rings is 1. The van der Waals surface area contributed by atoms with Crippen molar-refractivity contribution in [1.29, 1.82) is 0 Å². The number of hydrogen-bond acceptors (Lipinski definition) is 8. The van der Waals surface area contributed by atoms with Gasteiger partial charge in [-0.1, -0.05) is 30.3 Å². The SMILES string of the molecule is C=CCOC(=O)c1cccc(S(=O)(=O)n2c(=O)c3ccc(Cl)cc3n(N(C(C)=O)c3cccnc3)c2=O)c1. The Balaban J connectivity index is 2.05. The van der Waals surface area contributed by atoms with Crippen molar-refractivity contribution in [3.05, 3.63) is 111 Å². The summed E-state index contributed by atoms with van der Waals surface area (Å²) in [5, 5.41) is 0.794. The molecule has 194 valence electrons. The van der Waals surface area contributed by atoms with Crippen molar-refractivity contribution >= 4 is 50.1 Å². The fourth-order valence-electron chi connectivity index (χ4n) is 3.68. The van der Waals surface area contributed by atoms with Crippen LogP contribution in [0.3, 0.4) is 0 Å². The van der Waals surface area contributed by atoms with Crippen LogP contribution in [0, 0.1) is 0 Å². The summed E-state index contributed by atoms with van der Waals surface area (Å²) in [7, 11) is -4.89. The van der Waals surface area contributed by atoms with E-state index in [1.807, 2.05) is 0 Å². The van der Waals surface area contributed by atoms with Gasteiger partial charge in [0.2, 0.25) is 5.91 Å². The maximum absolute atomic E-state index is 13.8. The monoisotopic (exact) mass is 554 g/mol. The third-order valence-electron chi connectivity index (χ3n) is 5.29. The highest BCUT2D eigenvalue weighted by Gasteiger charge is 2.29. The Morgan fingerprint density at radius 2 is 1.89 bits per heavy atom. The molecule has 0 bridgehead atoms. The Kier molecular flexibility index (Phi) is 7.28. The van der Waals surface area contributed by atoms with E-state index in [-0.39, 0.29) is 37.8 Å². The smallest absolute Gasteiger partial charge is 0.365 e. The summed E-state index contributed by atoms with van der Waals surface area (Å²) in [6.07, 6.45) is 4.06. The molecule has 0 fully saturated rings. The van der Waals surface area contributed by atoms with Gasteiger partial charge in [0.15, 0.2) is 0 Å². The Bertz CT molecular complexity index is 1820. The predicted molar refractivity (Wildman–Crippen MR) is 140 cm³/mol. The van der Waals surface area contributed by atoms with Gasteiger partial charge in [-0.3, -0.25) is 14.6 Å². The number of carbonyl (C=O) groups excluding carboxylic acids is 2. The Morgan fingerprint density at radius 1 is 1.13 bits per heavy atom. The summed E-state index contributed by atoms with van der Waals surface area (Å²) < 4.78 is 33.1. The largest absolute Gasteiger partial charge is 0.458 e. The van der Waals surface area contributed by atoms with Crippen molar-refractivity contribution in [2.45, 2.75) is 11.8 Å². The molecule has 0 radical (unpaired) electrons. The van der Waals surface area contributed by atoms with Crippen LogP contribution in [0.2, 0.25) is 5.02 Å². The zero-order valence-corrected chi connectivity index (χ0v) is 21.3. The molecule has 0 spiro atoms. The van der Waals surface area contributed by atoms with Crippen LogP contribution >= 0.6 is 11.6 Å². The van der Waals surface area contributed by atoms with Gasteiger partial charge in [-0.15, -0.1) is 3.97 Å². The van der Waals surface area contributed by atoms with Gasteiger partial charge in [0.1, 0.15) is 6.61 Å². The third-order valence-corrected chi connectivity index (χ3v) is 7.17. The second-order valence-electron chi connectivity index (χ2n) is 7.79. The zero-order chi connectivity index (χ0) is 27.6. The highest BCUT2D eigenvalue weighted by molar-refractivity contribution is 7.90. The van der Waals surface area contributed by atoms with Gasteiger partial charge in [-0.2, -0.15) is 4.68 Å². The zero-order valence-electron chi connectivity index (χ0n) is 19.8. The van der Waals surface area contributed by atoms with E-state index in [2.05, 4.69) is 11.6 Å². The summed E-state index contributed by atoms with van der Waals surface area (Å²) in [4.78, 5) is 55.7. The summed E-state index contributed by atoms with van der Waals surface area (Å²) in [5.41, 5.74) is -2.66. The van der Waals surface area contributed by atoms with E-state index < -0.39 is 38.0 Å². The van der Waals surface area contributed by atoms with Crippen molar-refractivity contribution in [1.82, 2.24) is 13.6 Å². The molecule has 0 aliphatic heterocycles. The van der Waals surface area contributed by atoms with E-state index in [0.717, 1.165) is 28.7 Å². The molecule has 4 rings (SSSR count). The van der Waals surface area contributed by atoms with Crippen LogP contribution in [0.1, 0.15) is 17.3 Å². The predicted octanol–water partition coefficient (Wildman–Crippen LogP) is 2.61. The van der Waals surface area contributed by atoms with E-state index in [1.165, 1.54) is 60.9 Å². The lowest BCUT2D eigenvalue weighted by molar-refractivity contribution is -0.117. The minimum atomic E-state index is -4.89. The fourth-order valence-corrected chi connectivity index (χ4v) is 5.18. The van der Waals surface area contributed by atoms with Crippen LogP contribution in [0.25, 0.3) is 10.9 Å². The van der Waals surface area contributed by atoms with Gasteiger partial charge in [0.05, 0.1) is 33.2 Å². The molecular weight excluding hydrogens is 536 g/mol. The van der Waals surface area contributed by atoms with Gasteiger partial charge in [0, 0.05) is 18.1 Å². The van der Waals surface area contributed by atoms with Crippen LogP contribution in [0.15, 0.2) is 94.1 Å². The molecule has 11 nitrogen and oxygen atoms in total. The minimum absolute atomic E-state index is 0.0315. The Morgan fingerprint density at radius 3 is 2.55 bits per heavy atom.